The normalized spacial score (nSPS) is 14.4. The third kappa shape index (κ3) is 38.0. The van der Waals surface area contributed by atoms with Crippen LogP contribution in [-0.4, -0.2) is 65.7 Å². The highest BCUT2D eigenvalue weighted by molar-refractivity contribution is 7.47. The van der Waals surface area contributed by atoms with Crippen molar-refractivity contribution >= 4 is 19.8 Å². The van der Waals surface area contributed by atoms with Crippen LogP contribution in [-0.2, 0) is 32.7 Å². The van der Waals surface area contributed by atoms with E-state index >= 15 is 0 Å². The van der Waals surface area contributed by atoms with Crippen LogP contribution in [0.25, 0.3) is 0 Å². The average Bonchev–Trinajstić information content (AvgIpc) is 3.14. The number of allylic oxidation sites excluding steroid dienone is 8. The molecule has 10 nitrogen and oxygen atoms in total. The monoisotopic (exact) mass is 771 g/mol. The van der Waals surface area contributed by atoms with Crippen LogP contribution >= 0.6 is 7.82 Å². The minimum atomic E-state index is -4.63. The molecule has 0 fully saturated rings. The Morgan fingerprint density at radius 3 is 1.60 bits per heavy atom. The number of phosphoric acid groups is 1. The first-order chi connectivity index (χ1) is 25.7. The molecule has 0 spiro atoms. The molecule has 0 aliphatic heterocycles. The van der Waals surface area contributed by atoms with Gasteiger partial charge in [-0.2, -0.15) is 0 Å². The van der Waals surface area contributed by atoms with E-state index in [1.165, 1.54) is 83.5 Å². The molecular weight excluding hydrogens is 695 g/mol. The summed E-state index contributed by atoms with van der Waals surface area (Å²) < 4.78 is 32.5. The number of ether oxygens (including phenoxy) is 2. The maximum atomic E-state index is 12.6. The molecule has 0 bridgehead atoms. The molecule has 11 heteroatoms. The van der Waals surface area contributed by atoms with E-state index in [1.807, 2.05) is 6.08 Å². The quantitative estimate of drug-likeness (QED) is 0.0240. The zero-order valence-electron chi connectivity index (χ0n) is 33.2. The number of carbonyl (C=O) groups excluding carboxylic acids is 2. The van der Waals surface area contributed by atoms with E-state index in [2.05, 4.69) is 60.9 Å². The van der Waals surface area contributed by atoms with Gasteiger partial charge in [0, 0.05) is 12.8 Å². The van der Waals surface area contributed by atoms with Crippen LogP contribution in [0.4, 0.5) is 0 Å². The molecule has 308 valence electrons. The summed E-state index contributed by atoms with van der Waals surface area (Å²) in [5.74, 6) is -1.03. The molecule has 1 unspecified atom stereocenters. The first kappa shape index (κ1) is 50.9. The predicted molar refractivity (Wildman–Crippen MR) is 214 cm³/mol. The van der Waals surface area contributed by atoms with Gasteiger partial charge in [-0.15, -0.1) is 0 Å². The Morgan fingerprint density at radius 1 is 0.566 bits per heavy atom. The summed E-state index contributed by atoms with van der Waals surface area (Å²) in [5, 5.41) is 18.3. The van der Waals surface area contributed by atoms with E-state index in [-0.39, 0.29) is 19.4 Å². The average molecular weight is 771 g/mol. The van der Waals surface area contributed by atoms with Gasteiger partial charge in [0.1, 0.15) is 12.7 Å². The van der Waals surface area contributed by atoms with Crippen molar-refractivity contribution in [1.82, 2.24) is 0 Å². The van der Waals surface area contributed by atoms with Crippen molar-refractivity contribution in [2.45, 2.75) is 180 Å². The van der Waals surface area contributed by atoms with Crippen LogP contribution in [0.3, 0.4) is 0 Å². The number of aliphatic hydroxyl groups excluding tert-OH is 2. The Bertz CT molecular complexity index is 1030. The second-order valence-corrected chi connectivity index (χ2v) is 15.1. The fraction of sp³-hybridized carbons (Fsp3) is 0.762. The van der Waals surface area contributed by atoms with Crippen molar-refractivity contribution in [2.24, 2.45) is 0 Å². The maximum Gasteiger partial charge on any atom is 0.472 e. The van der Waals surface area contributed by atoms with E-state index < -0.39 is 51.8 Å². The third-order valence-corrected chi connectivity index (χ3v) is 9.42. The van der Waals surface area contributed by atoms with Crippen molar-refractivity contribution in [2.75, 3.05) is 26.4 Å². The number of esters is 2. The molecule has 0 heterocycles. The molecule has 0 saturated heterocycles. The Labute approximate surface area is 322 Å². The summed E-state index contributed by atoms with van der Waals surface area (Å²) >= 11 is 0. The van der Waals surface area contributed by atoms with Crippen LogP contribution in [0.5, 0.6) is 0 Å². The Hall–Kier alpha value is -2.07. The van der Waals surface area contributed by atoms with Gasteiger partial charge in [-0.25, -0.2) is 4.57 Å². The van der Waals surface area contributed by atoms with E-state index in [1.54, 1.807) is 0 Å². The lowest BCUT2D eigenvalue weighted by atomic mass is 10.1. The molecule has 53 heavy (non-hydrogen) atoms. The summed E-state index contributed by atoms with van der Waals surface area (Å²) in [6, 6.07) is 0. The second kappa shape index (κ2) is 38.2. The Balaban J connectivity index is 4.44. The molecule has 3 atom stereocenters. The van der Waals surface area contributed by atoms with Crippen LogP contribution < -0.4 is 0 Å². The Kier molecular flexibility index (Phi) is 36.7. The number of hydrogen-bond acceptors (Lipinski definition) is 9. The SMILES string of the molecule is CCCCC/C=C/C/C=C/C/C=C/CCCCC(=O)O[C@H](COC(=O)CC/C=C/CCCCCCCCCCCCC)COP(=O)(O)OC[C@@H](O)CO. The van der Waals surface area contributed by atoms with Gasteiger partial charge in [-0.1, -0.05) is 140 Å². The van der Waals surface area contributed by atoms with Crippen molar-refractivity contribution in [3.63, 3.8) is 0 Å². The summed E-state index contributed by atoms with van der Waals surface area (Å²) in [6.07, 6.45) is 39.5. The predicted octanol–water partition coefficient (Wildman–Crippen LogP) is 10.6. The van der Waals surface area contributed by atoms with E-state index in [0.717, 1.165) is 44.9 Å². The molecule has 0 aromatic carbocycles. The van der Waals surface area contributed by atoms with Gasteiger partial charge in [0.05, 0.1) is 19.8 Å². The highest BCUT2D eigenvalue weighted by Crippen LogP contribution is 2.43. The number of hydrogen-bond donors (Lipinski definition) is 3. The number of carbonyl (C=O) groups is 2. The number of unbranched alkanes of at least 4 members (excludes halogenated alkanes) is 16. The van der Waals surface area contributed by atoms with Crippen LogP contribution in [0.1, 0.15) is 168 Å². The molecule has 0 aliphatic rings. The first-order valence-corrected chi connectivity index (χ1v) is 22.1. The molecule has 0 rings (SSSR count). The van der Waals surface area contributed by atoms with Crippen LogP contribution in [0.15, 0.2) is 48.6 Å². The summed E-state index contributed by atoms with van der Waals surface area (Å²) in [7, 11) is -4.63. The second-order valence-electron chi connectivity index (χ2n) is 13.7. The standard InChI is InChI=1S/C42H75O10P/c1-3-5-7-9-11-13-15-17-19-21-23-25-27-29-31-33-41(45)49-37-40(38-51-53(47,48)50-36-39(44)35-43)52-42(46)34-32-30-28-26-24-22-20-18-16-14-12-10-8-6-4-2/h12,14,18,20,24,26-27,29,39-40,43-44H,3-11,13,15-17,19,21-23,25,28,30-38H2,1-2H3,(H,47,48)/b14-12+,20-18+,26-24+,29-27+/t39-,40+/m0/s1. The smallest absolute Gasteiger partial charge is 0.462 e. The lowest BCUT2D eigenvalue weighted by Gasteiger charge is -2.20. The molecule has 0 aromatic rings. The van der Waals surface area contributed by atoms with Gasteiger partial charge in [0.15, 0.2) is 6.10 Å². The van der Waals surface area contributed by atoms with Gasteiger partial charge in [-0.05, 0) is 64.2 Å². The van der Waals surface area contributed by atoms with Crippen molar-refractivity contribution < 1.29 is 47.8 Å². The molecule has 0 aromatic heterocycles. The van der Waals surface area contributed by atoms with Crippen molar-refractivity contribution in [1.29, 1.82) is 0 Å². The van der Waals surface area contributed by atoms with Crippen molar-refractivity contribution in [3.8, 4) is 0 Å². The zero-order chi connectivity index (χ0) is 39.1. The van der Waals surface area contributed by atoms with E-state index in [0.29, 0.717) is 12.8 Å². The van der Waals surface area contributed by atoms with E-state index in [9.17, 15) is 24.2 Å². The highest BCUT2D eigenvalue weighted by Gasteiger charge is 2.27. The summed E-state index contributed by atoms with van der Waals surface area (Å²) in [5.41, 5.74) is 0. The third-order valence-electron chi connectivity index (χ3n) is 8.47. The topological polar surface area (TPSA) is 149 Å². The maximum absolute atomic E-state index is 12.6. The molecule has 0 saturated carbocycles. The zero-order valence-corrected chi connectivity index (χ0v) is 34.1. The van der Waals surface area contributed by atoms with Crippen molar-refractivity contribution in [3.05, 3.63) is 48.6 Å². The number of phosphoric ester groups is 1. The first-order valence-electron chi connectivity index (χ1n) is 20.6. The summed E-state index contributed by atoms with van der Waals surface area (Å²) in [6.45, 7) is 2.25. The number of rotatable bonds is 38. The minimum Gasteiger partial charge on any atom is -0.462 e. The highest BCUT2D eigenvalue weighted by atomic mass is 31.2. The van der Waals surface area contributed by atoms with E-state index in [4.69, 9.17) is 19.1 Å². The lowest BCUT2D eigenvalue weighted by molar-refractivity contribution is -0.161. The van der Waals surface area contributed by atoms with Gasteiger partial charge in [0.25, 0.3) is 0 Å². The molecule has 0 radical (unpaired) electrons. The van der Waals surface area contributed by atoms with Crippen LogP contribution in [0, 0.1) is 0 Å². The molecule has 3 N–H and O–H groups in total. The van der Waals surface area contributed by atoms with Gasteiger partial charge >= 0.3 is 19.8 Å². The largest absolute Gasteiger partial charge is 0.472 e. The molecule has 0 aliphatic carbocycles. The molecular formula is C42H75O10P. The number of aliphatic hydroxyl groups is 2. The Morgan fingerprint density at radius 2 is 1.02 bits per heavy atom. The van der Waals surface area contributed by atoms with Gasteiger partial charge < -0.3 is 24.6 Å². The summed E-state index contributed by atoms with van der Waals surface area (Å²) in [4.78, 5) is 34.9. The minimum absolute atomic E-state index is 0.128. The van der Waals surface area contributed by atoms with Gasteiger partial charge in [-0.3, -0.25) is 18.6 Å². The fourth-order valence-electron chi connectivity index (χ4n) is 5.25. The molecule has 0 amide bonds. The lowest BCUT2D eigenvalue weighted by Crippen LogP contribution is -2.29. The van der Waals surface area contributed by atoms with Gasteiger partial charge in [0.2, 0.25) is 0 Å². The van der Waals surface area contributed by atoms with Crippen LogP contribution in [0.2, 0.25) is 0 Å². The fourth-order valence-corrected chi connectivity index (χ4v) is 6.04.